The van der Waals surface area contributed by atoms with Gasteiger partial charge in [0.1, 0.15) is 9.67 Å². The molecule has 0 bridgehead atoms. The Kier molecular flexibility index (Phi) is 8.13. The predicted molar refractivity (Wildman–Crippen MR) is 115 cm³/mol. The van der Waals surface area contributed by atoms with Crippen LogP contribution < -0.4 is 5.32 Å². The molecule has 0 aliphatic carbocycles. The number of amides is 1. The first-order valence-corrected chi connectivity index (χ1v) is 10.9. The highest BCUT2D eigenvalue weighted by atomic mass is 35.5. The number of ether oxygens (including phenoxy) is 1. The number of carbonyl (C=O) groups is 1. The number of thioether (sulfide) groups is 1. The van der Waals surface area contributed by atoms with Gasteiger partial charge in [0, 0.05) is 26.2 Å². The fourth-order valence-electron chi connectivity index (χ4n) is 2.77. The van der Waals surface area contributed by atoms with Crippen molar-refractivity contribution in [2.75, 3.05) is 32.0 Å². The maximum Gasteiger partial charge on any atom is 0.230 e. The second-order valence-corrected chi connectivity index (χ2v) is 8.58. The van der Waals surface area contributed by atoms with Crippen molar-refractivity contribution in [3.8, 4) is 0 Å². The highest BCUT2D eigenvalue weighted by molar-refractivity contribution is 7.99. The summed E-state index contributed by atoms with van der Waals surface area (Å²) in [5.41, 5.74) is 1.10. The molecule has 28 heavy (non-hydrogen) atoms. The molecule has 1 unspecified atom stereocenters. The largest absolute Gasteiger partial charge is 0.374 e. The first-order chi connectivity index (χ1) is 13.5. The quantitative estimate of drug-likeness (QED) is 0.488. The van der Waals surface area contributed by atoms with Crippen molar-refractivity contribution >= 4 is 53.1 Å². The number of nitrogens with one attached hydrogen (secondary N) is 2. The second kappa shape index (κ2) is 10.6. The van der Waals surface area contributed by atoms with Crippen LogP contribution in [0.5, 0.6) is 0 Å². The molecule has 2 N–H and O–H groups in total. The van der Waals surface area contributed by atoms with Gasteiger partial charge in [0.15, 0.2) is 0 Å². The van der Waals surface area contributed by atoms with Crippen LogP contribution in [0.1, 0.15) is 5.56 Å². The van der Waals surface area contributed by atoms with Crippen molar-refractivity contribution in [2.45, 2.75) is 17.7 Å². The summed E-state index contributed by atoms with van der Waals surface area (Å²) in [6.07, 6.45) is -0.0450. The van der Waals surface area contributed by atoms with Gasteiger partial charge in [0.2, 0.25) is 5.91 Å². The third kappa shape index (κ3) is 6.72. The number of halogens is 2. The average Bonchev–Trinajstić information content (AvgIpc) is 2.69. The van der Waals surface area contributed by atoms with Crippen LogP contribution in [-0.2, 0) is 16.1 Å². The molecular weight excluding hydrogens is 439 g/mol. The summed E-state index contributed by atoms with van der Waals surface area (Å²) < 4.78 is 6.34. The van der Waals surface area contributed by atoms with E-state index in [9.17, 15) is 4.79 Å². The van der Waals surface area contributed by atoms with Crippen molar-refractivity contribution in [2.24, 2.45) is 0 Å². The van der Waals surface area contributed by atoms with E-state index in [1.165, 1.54) is 11.8 Å². The molecular formula is C18H20Cl2N4O2S2. The Balaban J connectivity index is 1.41. The van der Waals surface area contributed by atoms with E-state index in [4.69, 9.17) is 40.2 Å². The summed E-state index contributed by atoms with van der Waals surface area (Å²) in [6.45, 7) is 3.44. The Morgan fingerprint density at radius 1 is 1.36 bits per heavy atom. The van der Waals surface area contributed by atoms with Gasteiger partial charge in [-0.25, -0.2) is 0 Å². The highest BCUT2D eigenvalue weighted by Gasteiger charge is 2.21. The number of rotatable bonds is 7. The molecule has 1 aromatic carbocycles. The SMILES string of the molecule is O=C(CSc1ccc(=S)[nH]n1)NCC1CN(Cc2ccc(Cl)c(Cl)c2)CCO1. The first kappa shape index (κ1) is 21.5. The number of nitrogens with zero attached hydrogens (tertiary/aromatic N) is 2. The average molecular weight is 459 g/mol. The minimum absolute atomic E-state index is 0.0450. The zero-order valence-corrected chi connectivity index (χ0v) is 18.1. The van der Waals surface area contributed by atoms with Crippen molar-refractivity contribution in [3.63, 3.8) is 0 Å². The number of carbonyl (C=O) groups excluding carboxylic acids is 1. The van der Waals surface area contributed by atoms with Crippen LogP contribution in [0.4, 0.5) is 0 Å². The van der Waals surface area contributed by atoms with Gasteiger partial charge in [-0.3, -0.25) is 14.8 Å². The van der Waals surface area contributed by atoms with E-state index in [2.05, 4.69) is 20.4 Å². The molecule has 0 radical (unpaired) electrons. The molecule has 1 aromatic heterocycles. The maximum absolute atomic E-state index is 12.1. The lowest BCUT2D eigenvalue weighted by molar-refractivity contribution is -0.119. The number of aromatic amines is 1. The number of hydrogen-bond donors (Lipinski definition) is 2. The van der Waals surface area contributed by atoms with E-state index in [-0.39, 0.29) is 17.8 Å². The summed E-state index contributed by atoms with van der Waals surface area (Å²) in [5, 5.41) is 11.5. The third-order valence-corrected chi connectivity index (χ3v) is 6.04. The van der Waals surface area contributed by atoms with Gasteiger partial charge in [-0.1, -0.05) is 53.2 Å². The fraction of sp³-hybridized carbons (Fsp3) is 0.389. The topological polar surface area (TPSA) is 70.2 Å². The molecule has 10 heteroatoms. The molecule has 1 aliphatic heterocycles. The summed E-state index contributed by atoms with van der Waals surface area (Å²) in [6, 6.07) is 9.21. The van der Waals surface area contributed by atoms with E-state index in [1.54, 1.807) is 12.1 Å². The normalized spacial score (nSPS) is 17.4. The number of hydrogen-bond acceptors (Lipinski definition) is 6. The smallest absolute Gasteiger partial charge is 0.230 e. The Labute approximate surface area is 182 Å². The molecule has 1 aliphatic rings. The van der Waals surface area contributed by atoms with Crippen LogP contribution in [0, 0.1) is 4.64 Å². The van der Waals surface area contributed by atoms with Crippen molar-refractivity contribution in [1.82, 2.24) is 20.4 Å². The van der Waals surface area contributed by atoms with E-state index in [0.717, 1.165) is 30.2 Å². The molecule has 0 spiro atoms. The van der Waals surface area contributed by atoms with Gasteiger partial charge in [-0.05, 0) is 29.8 Å². The predicted octanol–water partition coefficient (Wildman–Crippen LogP) is 3.56. The molecule has 1 atom stereocenters. The molecule has 6 nitrogen and oxygen atoms in total. The van der Waals surface area contributed by atoms with E-state index in [1.807, 2.05) is 18.2 Å². The van der Waals surface area contributed by atoms with Crippen molar-refractivity contribution in [3.05, 3.63) is 50.6 Å². The molecule has 1 fully saturated rings. The number of benzene rings is 1. The molecule has 3 rings (SSSR count). The monoisotopic (exact) mass is 458 g/mol. The van der Waals surface area contributed by atoms with Crippen LogP contribution in [0.25, 0.3) is 0 Å². The first-order valence-electron chi connectivity index (χ1n) is 8.73. The third-order valence-electron chi connectivity index (χ3n) is 4.14. The Morgan fingerprint density at radius 2 is 2.21 bits per heavy atom. The van der Waals surface area contributed by atoms with Gasteiger partial charge in [0.25, 0.3) is 0 Å². The van der Waals surface area contributed by atoms with Crippen LogP contribution in [0.15, 0.2) is 35.4 Å². The summed E-state index contributed by atoms with van der Waals surface area (Å²) in [4.78, 5) is 14.4. The van der Waals surface area contributed by atoms with Crippen LogP contribution >= 0.6 is 47.2 Å². The lowest BCUT2D eigenvalue weighted by Crippen LogP contribution is -2.47. The maximum atomic E-state index is 12.1. The minimum Gasteiger partial charge on any atom is -0.374 e. The lowest BCUT2D eigenvalue weighted by Gasteiger charge is -2.33. The highest BCUT2D eigenvalue weighted by Crippen LogP contribution is 2.23. The van der Waals surface area contributed by atoms with Gasteiger partial charge in [-0.15, -0.1) is 0 Å². The van der Waals surface area contributed by atoms with Gasteiger partial charge < -0.3 is 10.1 Å². The van der Waals surface area contributed by atoms with Crippen LogP contribution in [0.3, 0.4) is 0 Å². The van der Waals surface area contributed by atoms with Crippen LogP contribution in [0.2, 0.25) is 10.0 Å². The summed E-state index contributed by atoms with van der Waals surface area (Å²) in [5.74, 6) is 0.233. The van der Waals surface area contributed by atoms with Crippen molar-refractivity contribution in [1.29, 1.82) is 0 Å². The van der Waals surface area contributed by atoms with Crippen LogP contribution in [-0.4, -0.2) is 59.1 Å². The number of aromatic nitrogens is 2. The molecule has 150 valence electrons. The molecule has 2 aromatic rings. The Hall–Kier alpha value is -1.16. The molecule has 2 heterocycles. The van der Waals surface area contributed by atoms with Gasteiger partial charge >= 0.3 is 0 Å². The number of H-pyrrole nitrogens is 1. The van der Waals surface area contributed by atoms with Gasteiger partial charge in [0.05, 0.1) is 28.5 Å². The second-order valence-electron chi connectivity index (χ2n) is 6.33. The summed E-state index contributed by atoms with van der Waals surface area (Å²) >= 11 is 18.4. The van der Waals surface area contributed by atoms with Gasteiger partial charge in [-0.2, -0.15) is 5.10 Å². The van der Waals surface area contributed by atoms with E-state index >= 15 is 0 Å². The summed E-state index contributed by atoms with van der Waals surface area (Å²) in [7, 11) is 0. The van der Waals surface area contributed by atoms with Crippen molar-refractivity contribution < 1.29 is 9.53 Å². The Morgan fingerprint density at radius 3 is 2.96 bits per heavy atom. The zero-order chi connectivity index (χ0) is 19.9. The van der Waals surface area contributed by atoms with E-state index < -0.39 is 0 Å². The Bertz CT molecular complexity index is 860. The number of morpholine rings is 1. The zero-order valence-electron chi connectivity index (χ0n) is 15.0. The minimum atomic E-state index is -0.0561. The van der Waals surface area contributed by atoms with E-state index in [0.29, 0.717) is 27.8 Å². The molecule has 1 amide bonds. The molecule has 0 saturated carbocycles. The fourth-order valence-corrected chi connectivity index (χ4v) is 3.86. The standard InChI is InChI=1S/C18H20Cl2N4O2S2/c19-14-2-1-12(7-15(14)20)9-24-5-6-26-13(10-24)8-21-16(25)11-28-18-4-3-17(27)22-23-18/h1-4,7,13H,5-6,8-11H2,(H,21,25)(H,22,27). The lowest BCUT2D eigenvalue weighted by atomic mass is 10.2. The molecule has 1 saturated heterocycles.